The molecule has 0 bridgehead atoms. The van der Waals surface area contributed by atoms with Crippen LogP contribution >= 0.6 is 11.8 Å². The molecule has 1 aromatic carbocycles. The number of rotatable bonds is 9. The Morgan fingerprint density at radius 1 is 1.34 bits per heavy atom. The van der Waals surface area contributed by atoms with Crippen molar-refractivity contribution in [2.45, 2.75) is 38.5 Å². The molecule has 0 unspecified atom stereocenters. The van der Waals surface area contributed by atoms with Crippen molar-refractivity contribution in [2.24, 2.45) is 0 Å². The van der Waals surface area contributed by atoms with Crippen molar-refractivity contribution in [1.29, 1.82) is 0 Å². The van der Waals surface area contributed by atoms with E-state index in [-0.39, 0.29) is 30.7 Å². The number of benzene rings is 1. The highest BCUT2D eigenvalue weighted by Gasteiger charge is 2.17. The van der Waals surface area contributed by atoms with Gasteiger partial charge in [-0.2, -0.15) is 0 Å². The minimum atomic E-state index is -0.232. The van der Waals surface area contributed by atoms with E-state index in [1.165, 1.54) is 16.6 Å². The average molecular weight is 421 g/mol. The Morgan fingerprint density at radius 3 is 2.72 bits per heavy atom. The van der Waals surface area contributed by atoms with Crippen molar-refractivity contribution in [3.63, 3.8) is 0 Å². The first-order chi connectivity index (χ1) is 13.7. The minimum Gasteiger partial charge on any atom is -0.485 e. The SMILES string of the molecule is CNC(=O)CN(C)C(=O)CSc1nnc(COc2cc(C)ccc2C(C)C)n1N. The van der Waals surface area contributed by atoms with E-state index < -0.39 is 0 Å². The second kappa shape index (κ2) is 10.1. The number of aromatic nitrogens is 3. The topological polar surface area (TPSA) is 115 Å². The normalized spacial score (nSPS) is 10.8. The number of carbonyl (C=O) groups excluding carboxylic acids is 2. The third-order valence-electron chi connectivity index (χ3n) is 4.29. The summed E-state index contributed by atoms with van der Waals surface area (Å²) < 4.78 is 7.27. The van der Waals surface area contributed by atoms with Crippen LogP contribution in [0.5, 0.6) is 5.75 Å². The highest BCUT2D eigenvalue weighted by atomic mass is 32.2. The van der Waals surface area contributed by atoms with E-state index in [1.807, 2.05) is 13.0 Å². The third kappa shape index (κ3) is 6.11. The molecule has 2 aromatic rings. The molecule has 1 heterocycles. The average Bonchev–Trinajstić information content (AvgIpc) is 3.03. The number of aryl methyl sites for hydroxylation is 1. The van der Waals surface area contributed by atoms with E-state index in [0.29, 0.717) is 16.9 Å². The largest absolute Gasteiger partial charge is 0.485 e. The van der Waals surface area contributed by atoms with Gasteiger partial charge in [-0.05, 0) is 30.0 Å². The van der Waals surface area contributed by atoms with Gasteiger partial charge in [0.15, 0.2) is 5.82 Å². The predicted octanol–water partition coefficient (Wildman–Crippen LogP) is 1.30. The highest BCUT2D eigenvalue weighted by molar-refractivity contribution is 7.99. The molecule has 0 aliphatic heterocycles. The number of ether oxygens (including phenoxy) is 1. The van der Waals surface area contributed by atoms with Crippen LogP contribution in [0.25, 0.3) is 0 Å². The summed E-state index contributed by atoms with van der Waals surface area (Å²) in [4.78, 5) is 24.8. The zero-order chi connectivity index (χ0) is 21.6. The van der Waals surface area contributed by atoms with E-state index in [9.17, 15) is 9.59 Å². The van der Waals surface area contributed by atoms with Gasteiger partial charge in [-0.1, -0.05) is 37.7 Å². The Labute approximate surface area is 175 Å². The van der Waals surface area contributed by atoms with Gasteiger partial charge in [0.1, 0.15) is 12.4 Å². The number of carbonyl (C=O) groups is 2. The van der Waals surface area contributed by atoms with Gasteiger partial charge in [-0.15, -0.1) is 10.2 Å². The molecule has 9 nitrogen and oxygen atoms in total. The maximum absolute atomic E-state index is 12.1. The standard InChI is InChI=1S/C19H28N6O3S/c1-12(2)14-7-6-13(3)8-15(14)28-10-16-22-23-19(25(16)20)29-11-18(27)24(5)9-17(26)21-4/h6-8,12H,9-11,20H2,1-5H3,(H,21,26). The Kier molecular flexibility index (Phi) is 7.89. The molecule has 0 atom stereocenters. The van der Waals surface area contributed by atoms with Crippen molar-refractivity contribution < 1.29 is 14.3 Å². The number of likely N-dealkylation sites (N-methyl/N-ethyl adjacent to an activating group) is 2. The lowest BCUT2D eigenvalue weighted by atomic mass is 10.0. The van der Waals surface area contributed by atoms with Crippen LogP contribution in [0, 0.1) is 6.92 Å². The number of hydrogen-bond acceptors (Lipinski definition) is 7. The maximum atomic E-state index is 12.1. The first-order valence-corrected chi connectivity index (χ1v) is 10.2. The first kappa shape index (κ1) is 22.5. The second-order valence-corrected chi connectivity index (χ2v) is 7.91. The molecule has 2 rings (SSSR count). The predicted molar refractivity (Wildman–Crippen MR) is 112 cm³/mol. The molecule has 0 radical (unpaired) electrons. The number of nitrogens with zero attached hydrogens (tertiary/aromatic N) is 4. The van der Waals surface area contributed by atoms with E-state index in [0.717, 1.165) is 28.6 Å². The summed E-state index contributed by atoms with van der Waals surface area (Å²) in [5, 5.41) is 11.0. The van der Waals surface area contributed by atoms with Crippen molar-refractivity contribution in [2.75, 3.05) is 32.2 Å². The molecule has 1 aromatic heterocycles. The van der Waals surface area contributed by atoms with Crippen molar-refractivity contribution >= 4 is 23.6 Å². The molecule has 3 N–H and O–H groups in total. The monoisotopic (exact) mass is 420 g/mol. The first-order valence-electron chi connectivity index (χ1n) is 9.23. The van der Waals surface area contributed by atoms with Crippen LogP contribution in [0.1, 0.15) is 36.7 Å². The van der Waals surface area contributed by atoms with Crippen molar-refractivity contribution in [1.82, 2.24) is 25.1 Å². The van der Waals surface area contributed by atoms with Gasteiger partial charge in [0, 0.05) is 14.1 Å². The molecule has 0 saturated heterocycles. The Morgan fingerprint density at radius 2 is 2.07 bits per heavy atom. The summed E-state index contributed by atoms with van der Waals surface area (Å²) >= 11 is 1.16. The molecule has 0 fully saturated rings. The van der Waals surface area contributed by atoms with Gasteiger partial charge in [0.2, 0.25) is 17.0 Å². The lowest BCUT2D eigenvalue weighted by molar-refractivity contribution is -0.132. The fourth-order valence-corrected chi connectivity index (χ4v) is 3.33. The van der Waals surface area contributed by atoms with Gasteiger partial charge >= 0.3 is 0 Å². The molecular weight excluding hydrogens is 392 g/mol. The highest BCUT2D eigenvalue weighted by Crippen LogP contribution is 2.28. The number of nitrogens with two attached hydrogens (primary N) is 1. The summed E-state index contributed by atoms with van der Waals surface area (Å²) in [7, 11) is 3.09. The fraction of sp³-hybridized carbons (Fsp3) is 0.474. The maximum Gasteiger partial charge on any atom is 0.239 e. The van der Waals surface area contributed by atoms with Crippen LogP contribution in [0.4, 0.5) is 0 Å². The van der Waals surface area contributed by atoms with E-state index in [1.54, 1.807) is 7.05 Å². The summed E-state index contributed by atoms with van der Waals surface area (Å²) in [5.41, 5.74) is 2.22. The summed E-state index contributed by atoms with van der Waals surface area (Å²) in [6.45, 7) is 6.39. The molecule has 0 spiro atoms. The van der Waals surface area contributed by atoms with E-state index in [2.05, 4.69) is 41.5 Å². The zero-order valence-electron chi connectivity index (χ0n) is 17.4. The molecule has 0 aliphatic rings. The van der Waals surface area contributed by atoms with Gasteiger partial charge in [0.25, 0.3) is 0 Å². The third-order valence-corrected chi connectivity index (χ3v) is 5.22. The van der Waals surface area contributed by atoms with E-state index >= 15 is 0 Å². The number of amides is 2. The van der Waals surface area contributed by atoms with Gasteiger partial charge in [-0.3, -0.25) is 9.59 Å². The Bertz CT molecular complexity index is 868. The smallest absolute Gasteiger partial charge is 0.239 e. The number of nitrogens with one attached hydrogen (secondary N) is 1. The number of thioether (sulfide) groups is 1. The van der Waals surface area contributed by atoms with Crippen LogP contribution < -0.4 is 15.9 Å². The van der Waals surface area contributed by atoms with Gasteiger partial charge in [0.05, 0.1) is 12.3 Å². The summed E-state index contributed by atoms with van der Waals surface area (Å²) in [5.74, 6) is 7.29. The Hall–Kier alpha value is -2.75. The fourth-order valence-electron chi connectivity index (χ4n) is 2.51. The summed E-state index contributed by atoms with van der Waals surface area (Å²) in [6.07, 6.45) is 0. The lowest BCUT2D eigenvalue weighted by Gasteiger charge is -2.15. The number of hydrogen-bond donors (Lipinski definition) is 2. The van der Waals surface area contributed by atoms with Crippen LogP contribution in [-0.4, -0.2) is 58.0 Å². The molecule has 2 amide bonds. The zero-order valence-corrected chi connectivity index (χ0v) is 18.2. The van der Waals surface area contributed by atoms with Crippen LogP contribution in [0.15, 0.2) is 23.4 Å². The number of nitrogen functional groups attached to an aromatic ring is 1. The molecule has 29 heavy (non-hydrogen) atoms. The van der Waals surface area contributed by atoms with Crippen LogP contribution in [0.2, 0.25) is 0 Å². The second-order valence-electron chi connectivity index (χ2n) is 6.97. The summed E-state index contributed by atoms with van der Waals surface area (Å²) in [6, 6.07) is 6.11. The molecular formula is C19H28N6O3S. The minimum absolute atomic E-state index is 0.00102. The van der Waals surface area contributed by atoms with Crippen LogP contribution in [0.3, 0.4) is 0 Å². The molecule has 0 saturated carbocycles. The molecule has 158 valence electrons. The molecule has 10 heteroatoms. The van der Waals surface area contributed by atoms with Gasteiger partial charge in [-0.25, -0.2) is 4.68 Å². The Balaban J connectivity index is 1.97. The van der Waals surface area contributed by atoms with Crippen molar-refractivity contribution in [3.05, 3.63) is 35.2 Å². The van der Waals surface area contributed by atoms with Gasteiger partial charge < -0.3 is 20.8 Å². The lowest BCUT2D eigenvalue weighted by Crippen LogP contribution is -2.37. The molecule has 0 aliphatic carbocycles. The van der Waals surface area contributed by atoms with E-state index in [4.69, 9.17) is 10.6 Å². The van der Waals surface area contributed by atoms with Crippen molar-refractivity contribution in [3.8, 4) is 5.75 Å². The quantitative estimate of drug-likeness (QED) is 0.464. The van der Waals surface area contributed by atoms with Crippen LogP contribution in [-0.2, 0) is 16.2 Å².